The fourth-order valence-electron chi connectivity index (χ4n) is 2.31. The summed E-state index contributed by atoms with van der Waals surface area (Å²) in [5.74, 6) is 0.670. The molecule has 2 rings (SSSR count). The van der Waals surface area contributed by atoms with E-state index in [-0.39, 0.29) is 23.5 Å². The van der Waals surface area contributed by atoms with Crippen LogP contribution in [0.5, 0.6) is 0 Å². The molecule has 2 aliphatic heterocycles. The zero-order valence-electron chi connectivity index (χ0n) is 10.5. The van der Waals surface area contributed by atoms with Crippen LogP contribution in [0.1, 0.15) is 33.6 Å². The molecular weight excluding hydrogens is 226 g/mol. The summed E-state index contributed by atoms with van der Waals surface area (Å²) in [7, 11) is 0. The van der Waals surface area contributed by atoms with Crippen LogP contribution >= 0.6 is 12.4 Å². The Bertz CT molecular complexity index is 217. The van der Waals surface area contributed by atoms with Crippen molar-refractivity contribution in [1.29, 1.82) is 0 Å². The van der Waals surface area contributed by atoms with Gasteiger partial charge in [-0.3, -0.25) is 5.32 Å². The zero-order chi connectivity index (χ0) is 10.9. The van der Waals surface area contributed by atoms with Crippen LogP contribution in [0, 0.1) is 11.3 Å². The number of hydrogen-bond donors (Lipinski definition) is 1. The van der Waals surface area contributed by atoms with Crippen molar-refractivity contribution in [2.75, 3.05) is 26.4 Å². The predicted octanol–water partition coefficient (Wildman–Crippen LogP) is 2.20. The molecule has 0 aliphatic carbocycles. The van der Waals surface area contributed by atoms with Gasteiger partial charge in [-0.1, -0.05) is 13.8 Å². The van der Waals surface area contributed by atoms with Crippen molar-refractivity contribution in [1.82, 2.24) is 5.32 Å². The average Bonchev–Trinajstić information content (AvgIpc) is 2.64. The molecule has 0 aromatic rings. The van der Waals surface area contributed by atoms with Gasteiger partial charge in [0.2, 0.25) is 0 Å². The van der Waals surface area contributed by atoms with Gasteiger partial charge < -0.3 is 9.47 Å². The van der Waals surface area contributed by atoms with Gasteiger partial charge in [0.1, 0.15) is 5.72 Å². The van der Waals surface area contributed by atoms with Crippen LogP contribution in [0.15, 0.2) is 0 Å². The monoisotopic (exact) mass is 249 g/mol. The Balaban J connectivity index is 0.00000128. The molecule has 2 heterocycles. The van der Waals surface area contributed by atoms with Gasteiger partial charge >= 0.3 is 0 Å². The summed E-state index contributed by atoms with van der Waals surface area (Å²) in [6.45, 7) is 10.4. The Morgan fingerprint density at radius 3 is 2.56 bits per heavy atom. The van der Waals surface area contributed by atoms with Gasteiger partial charge in [-0.25, -0.2) is 0 Å². The first-order valence-corrected chi connectivity index (χ1v) is 5.96. The molecule has 0 aromatic carbocycles. The molecule has 4 heteroatoms. The molecular formula is C12H24ClNO2. The molecule has 2 saturated heterocycles. The van der Waals surface area contributed by atoms with Crippen molar-refractivity contribution in [2.24, 2.45) is 11.3 Å². The molecule has 2 aliphatic rings. The number of halogens is 1. The molecule has 0 saturated carbocycles. The van der Waals surface area contributed by atoms with Crippen molar-refractivity contribution in [3.63, 3.8) is 0 Å². The van der Waals surface area contributed by atoms with Gasteiger partial charge in [0.15, 0.2) is 0 Å². The fourth-order valence-corrected chi connectivity index (χ4v) is 2.31. The molecule has 2 unspecified atom stereocenters. The third-order valence-corrected chi connectivity index (χ3v) is 3.42. The summed E-state index contributed by atoms with van der Waals surface area (Å²) in [5, 5.41) is 3.53. The van der Waals surface area contributed by atoms with E-state index in [1.807, 2.05) is 0 Å². The average molecular weight is 250 g/mol. The molecule has 16 heavy (non-hydrogen) atoms. The summed E-state index contributed by atoms with van der Waals surface area (Å²) in [4.78, 5) is 0. The van der Waals surface area contributed by atoms with E-state index in [1.54, 1.807) is 0 Å². The lowest BCUT2D eigenvalue weighted by Gasteiger charge is -2.43. The van der Waals surface area contributed by atoms with Gasteiger partial charge in [0.25, 0.3) is 0 Å². The minimum absolute atomic E-state index is 0. The SMILES string of the molecule is CC1(C)CNC(C)(CC2CCOC2)OC1.Cl. The zero-order valence-corrected chi connectivity index (χ0v) is 11.4. The van der Waals surface area contributed by atoms with Crippen LogP contribution in [-0.2, 0) is 9.47 Å². The Morgan fingerprint density at radius 2 is 2.06 bits per heavy atom. The van der Waals surface area contributed by atoms with Crippen molar-refractivity contribution < 1.29 is 9.47 Å². The van der Waals surface area contributed by atoms with Gasteiger partial charge in [-0.2, -0.15) is 0 Å². The summed E-state index contributed by atoms with van der Waals surface area (Å²) in [5.41, 5.74) is 0.138. The van der Waals surface area contributed by atoms with Crippen LogP contribution in [0.4, 0.5) is 0 Å². The van der Waals surface area contributed by atoms with Crippen LogP contribution in [-0.4, -0.2) is 32.1 Å². The fraction of sp³-hybridized carbons (Fsp3) is 1.00. The topological polar surface area (TPSA) is 30.5 Å². The number of hydrogen-bond acceptors (Lipinski definition) is 3. The lowest BCUT2D eigenvalue weighted by Crippen LogP contribution is -2.56. The highest BCUT2D eigenvalue weighted by Crippen LogP contribution is 2.30. The molecule has 0 bridgehead atoms. The number of ether oxygens (including phenoxy) is 2. The first kappa shape index (κ1) is 14.2. The van der Waals surface area contributed by atoms with E-state index in [4.69, 9.17) is 9.47 Å². The normalized spacial score (nSPS) is 38.1. The Kier molecular flexibility index (Phi) is 4.64. The van der Waals surface area contributed by atoms with E-state index in [0.29, 0.717) is 5.92 Å². The Morgan fingerprint density at radius 1 is 1.31 bits per heavy atom. The third-order valence-electron chi connectivity index (χ3n) is 3.42. The third kappa shape index (κ3) is 3.59. The minimum Gasteiger partial charge on any atom is -0.381 e. The summed E-state index contributed by atoms with van der Waals surface area (Å²) in [6.07, 6.45) is 2.26. The van der Waals surface area contributed by atoms with E-state index in [9.17, 15) is 0 Å². The highest BCUT2D eigenvalue weighted by Gasteiger charge is 2.37. The van der Waals surface area contributed by atoms with Crippen molar-refractivity contribution >= 4 is 12.4 Å². The molecule has 0 aromatic heterocycles. The Labute approximate surface area is 105 Å². The van der Waals surface area contributed by atoms with Crippen molar-refractivity contribution in [3.8, 4) is 0 Å². The molecule has 0 radical (unpaired) electrons. The van der Waals surface area contributed by atoms with Crippen LogP contribution < -0.4 is 5.32 Å². The van der Waals surface area contributed by atoms with Gasteiger partial charge in [0.05, 0.1) is 6.61 Å². The maximum Gasteiger partial charge on any atom is 0.116 e. The highest BCUT2D eigenvalue weighted by atomic mass is 35.5. The van der Waals surface area contributed by atoms with Gasteiger partial charge in [-0.05, 0) is 25.7 Å². The molecule has 1 N–H and O–H groups in total. The minimum atomic E-state index is -0.131. The van der Waals surface area contributed by atoms with E-state index < -0.39 is 0 Å². The lowest BCUT2D eigenvalue weighted by atomic mass is 9.89. The van der Waals surface area contributed by atoms with Gasteiger partial charge in [-0.15, -0.1) is 12.4 Å². The molecule has 2 atom stereocenters. The predicted molar refractivity (Wildman–Crippen MR) is 66.9 cm³/mol. The second-order valence-electron chi connectivity index (χ2n) is 5.97. The van der Waals surface area contributed by atoms with Crippen molar-refractivity contribution in [3.05, 3.63) is 0 Å². The van der Waals surface area contributed by atoms with E-state index in [0.717, 1.165) is 32.8 Å². The highest BCUT2D eigenvalue weighted by molar-refractivity contribution is 5.85. The van der Waals surface area contributed by atoms with Crippen LogP contribution in [0.2, 0.25) is 0 Å². The second-order valence-corrected chi connectivity index (χ2v) is 5.97. The number of nitrogens with one attached hydrogen (secondary N) is 1. The first-order valence-electron chi connectivity index (χ1n) is 5.96. The maximum absolute atomic E-state index is 5.98. The summed E-state index contributed by atoms with van der Waals surface area (Å²) < 4.78 is 11.4. The molecule has 2 fully saturated rings. The largest absolute Gasteiger partial charge is 0.381 e. The van der Waals surface area contributed by atoms with Crippen LogP contribution in [0.3, 0.4) is 0 Å². The number of rotatable bonds is 2. The summed E-state index contributed by atoms with van der Waals surface area (Å²) >= 11 is 0. The van der Waals surface area contributed by atoms with E-state index in [2.05, 4.69) is 26.1 Å². The van der Waals surface area contributed by atoms with E-state index in [1.165, 1.54) is 6.42 Å². The second kappa shape index (κ2) is 5.21. The van der Waals surface area contributed by atoms with E-state index >= 15 is 0 Å². The quantitative estimate of drug-likeness (QED) is 0.814. The van der Waals surface area contributed by atoms with Crippen LogP contribution in [0.25, 0.3) is 0 Å². The van der Waals surface area contributed by atoms with Crippen molar-refractivity contribution in [2.45, 2.75) is 39.3 Å². The smallest absolute Gasteiger partial charge is 0.116 e. The molecule has 3 nitrogen and oxygen atoms in total. The molecule has 0 spiro atoms. The lowest BCUT2D eigenvalue weighted by molar-refractivity contribution is -0.136. The molecule has 0 amide bonds. The maximum atomic E-state index is 5.98. The van der Waals surface area contributed by atoms with Gasteiger partial charge in [0, 0.05) is 25.2 Å². The standard InChI is InChI=1S/C12H23NO2.ClH/c1-11(2)8-13-12(3,15-9-11)6-10-4-5-14-7-10;/h10,13H,4-9H2,1-3H3;1H. The Hall–Kier alpha value is 0.170. The first-order chi connectivity index (χ1) is 6.99. The molecule has 96 valence electrons. The summed E-state index contributed by atoms with van der Waals surface area (Å²) in [6, 6.07) is 0.